The standard InChI is InChI=1S/C27H31ClN6O2Si/c1-27(2,36-37(5,6)7)11-10-17-8-9-18(30-14-17)16-33(3)26(35)19-12-20-23(13-22(19)28)32-25(29)21-15-31-34(4)24(20)21/h8-9,12-15H,16H2,1-7H3,(H2,29,32). The molecular formula is C27H31ClN6O2Si. The van der Waals surface area contributed by atoms with E-state index in [0.29, 0.717) is 28.5 Å². The molecule has 0 aliphatic heterocycles. The smallest absolute Gasteiger partial charge is 0.255 e. The summed E-state index contributed by atoms with van der Waals surface area (Å²) >= 11 is 6.51. The zero-order valence-corrected chi connectivity index (χ0v) is 23.9. The molecule has 3 heterocycles. The van der Waals surface area contributed by atoms with Gasteiger partial charge in [-0.3, -0.25) is 14.5 Å². The van der Waals surface area contributed by atoms with E-state index in [4.69, 9.17) is 21.8 Å². The van der Waals surface area contributed by atoms with Crippen LogP contribution in [0.15, 0.2) is 36.7 Å². The number of benzene rings is 1. The van der Waals surface area contributed by atoms with E-state index in [-0.39, 0.29) is 5.91 Å². The largest absolute Gasteiger partial charge is 0.402 e. The number of carbonyl (C=O) groups is 1. The van der Waals surface area contributed by atoms with Crippen LogP contribution in [0.1, 0.15) is 35.5 Å². The number of rotatable bonds is 5. The summed E-state index contributed by atoms with van der Waals surface area (Å²) in [5, 5.41) is 6.08. The summed E-state index contributed by atoms with van der Waals surface area (Å²) in [6, 6.07) is 7.19. The SMILES string of the molecule is CN(Cc1ccc(C#CC(C)(C)O[Si](C)(C)C)cn1)C(=O)c1cc2c(cc1Cl)nc(N)c1cnn(C)c12. The Hall–Kier alpha value is -3.45. The van der Waals surface area contributed by atoms with Gasteiger partial charge in [-0.1, -0.05) is 23.4 Å². The number of amides is 1. The summed E-state index contributed by atoms with van der Waals surface area (Å²) in [5.74, 6) is 6.48. The molecule has 4 aromatic rings. The average molecular weight is 535 g/mol. The minimum Gasteiger partial charge on any atom is -0.402 e. The Morgan fingerprint density at radius 1 is 1.22 bits per heavy atom. The van der Waals surface area contributed by atoms with E-state index in [0.717, 1.165) is 27.5 Å². The van der Waals surface area contributed by atoms with Gasteiger partial charge in [-0.25, -0.2) is 4.98 Å². The van der Waals surface area contributed by atoms with Gasteiger partial charge in [0.2, 0.25) is 0 Å². The Labute approximate surface area is 222 Å². The molecule has 192 valence electrons. The van der Waals surface area contributed by atoms with Gasteiger partial charge in [-0.15, -0.1) is 0 Å². The fourth-order valence-corrected chi connectivity index (χ4v) is 6.09. The summed E-state index contributed by atoms with van der Waals surface area (Å²) in [5.41, 5.74) is 8.86. The van der Waals surface area contributed by atoms with E-state index < -0.39 is 13.9 Å². The third-order valence-electron chi connectivity index (χ3n) is 5.67. The van der Waals surface area contributed by atoms with Crippen LogP contribution in [0.3, 0.4) is 0 Å². The quantitative estimate of drug-likeness (QED) is 0.285. The molecule has 0 saturated heterocycles. The molecule has 0 fully saturated rings. The maximum Gasteiger partial charge on any atom is 0.255 e. The third-order valence-corrected chi connectivity index (χ3v) is 7.10. The summed E-state index contributed by atoms with van der Waals surface area (Å²) in [7, 11) is 1.83. The minimum absolute atomic E-state index is 0.227. The number of fused-ring (bicyclic) bond motifs is 3. The molecule has 0 unspecified atom stereocenters. The summed E-state index contributed by atoms with van der Waals surface area (Å²) < 4.78 is 7.85. The van der Waals surface area contributed by atoms with Gasteiger partial charge in [0.1, 0.15) is 11.4 Å². The molecule has 0 bridgehead atoms. The topological polar surface area (TPSA) is 99.2 Å². The van der Waals surface area contributed by atoms with Crippen molar-refractivity contribution >= 4 is 53.4 Å². The fourth-order valence-electron chi connectivity index (χ4n) is 4.27. The number of nitrogens with zero attached hydrogens (tertiary/aromatic N) is 5. The number of aromatic nitrogens is 4. The first kappa shape index (κ1) is 26.6. The van der Waals surface area contributed by atoms with E-state index >= 15 is 0 Å². The number of halogens is 1. The van der Waals surface area contributed by atoms with Crippen molar-refractivity contribution in [3.05, 3.63) is 58.5 Å². The summed E-state index contributed by atoms with van der Waals surface area (Å²) in [6.07, 6.45) is 3.38. The second-order valence-electron chi connectivity index (χ2n) is 10.6. The third kappa shape index (κ3) is 5.93. The molecule has 37 heavy (non-hydrogen) atoms. The summed E-state index contributed by atoms with van der Waals surface area (Å²) in [6.45, 7) is 10.7. The maximum atomic E-state index is 13.3. The van der Waals surface area contributed by atoms with Crippen molar-refractivity contribution in [3.8, 4) is 11.8 Å². The Bertz CT molecular complexity index is 1560. The number of hydrogen-bond acceptors (Lipinski definition) is 6. The van der Waals surface area contributed by atoms with E-state index in [9.17, 15) is 4.79 Å². The molecule has 1 amide bonds. The van der Waals surface area contributed by atoms with E-state index in [1.165, 1.54) is 0 Å². The lowest BCUT2D eigenvalue weighted by atomic mass is 10.1. The normalized spacial score (nSPS) is 12.0. The lowest BCUT2D eigenvalue weighted by Crippen LogP contribution is -2.37. The van der Waals surface area contributed by atoms with Crippen molar-refractivity contribution in [3.63, 3.8) is 0 Å². The highest BCUT2D eigenvalue weighted by Gasteiger charge is 2.25. The first-order chi connectivity index (χ1) is 17.2. The van der Waals surface area contributed by atoms with Gasteiger partial charge in [0.15, 0.2) is 8.32 Å². The zero-order valence-electron chi connectivity index (χ0n) is 22.2. The van der Waals surface area contributed by atoms with E-state index in [1.807, 2.05) is 33.0 Å². The van der Waals surface area contributed by atoms with Crippen molar-refractivity contribution in [2.75, 3.05) is 12.8 Å². The maximum absolute atomic E-state index is 13.3. The van der Waals surface area contributed by atoms with Crippen molar-refractivity contribution in [1.82, 2.24) is 24.6 Å². The number of hydrogen-bond donors (Lipinski definition) is 1. The molecule has 10 heteroatoms. The summed E-state index contributed by atoms with van der Waals surface area (Å²) in [4.78, 5) is 23.9. The number of aryl methyl sites for hydroxylation is 1. The van der Waals surface area contributed by atoms with Gasteiger partial charge in [0.25, 0.3) is 5.91 Å². The van der Waals surface area contributed by atoms with Crippen molar-refractivity contribution in [2.45, 2.75) is 45.6 Å². The highest BCUT2D eigenvalue weighted by atomic mass is 35.5. The molecular weight excluding hydrogens is 504 g/mol. The zero-order chi connectivity index (χ0) is 27.1. The molecule has 2 N–H and O–H groups in total. The van der Waals surface area contributed by atoms with Crippen LogP contribution in [0.5, 0.6) is 0 Å². The van der Waals surface area contributed by atoms with Crippen LogP contribution < -0.4 is 5.73 Å². The highest BCUT2D eigenvalue weighted by molar-refractivity contribution is 6.69. The van der Waals surface area contributed by atoms with Gasteiger partial charge in [-0.05, 0) is 57.8 Å². The Morgan fingerprint density at radius 2 is 1.95 bits per heavy atom. The molecule has 1 aromatic carbocycles. The molecule has 3 aromatic heterocycles. The molecule has 0 spiro atoms. The van der Waals surface area contributed by atoms with Crippen LogP contribution in [0, 0.1) is 11.8 Å². The van der Waals surface area contributed by atoms with Gasteiger partial charge in [0.05, 0.1) is 45.4 Å². The van der Waals surface area contributed by atoms with Crippen molar-refractivity contribution in [2.24, 2.45) is 7.05 Å². The van der Waals surface area contributed by atoms with E-state index in [1.54, 1.807) is 41.2 Å². The minimum atomic E-state index is -1.71. The van der Waals surface area contributed by atoms with Crippen LogP contribution in [0.4, 0.5) is 5.82 Å². The number of carbonyl (C=O) groups excluding carboxylic acids is 1. The Kier molecular flexibility index (Phi) is 7.03. The molecule has 0 radical (unpaired) electrons. The average Bonchev–Trinajstić information content (AvgIpc) is 3.19. The van der Waals surface area contributed by atoms with Gasteiger partial charge in [0, 0.05) is 31.2 Å². The molecule has 0 atom stereocenters. The lowest BCUT2D eigenvalue weighted by molar-refractivity contribution is 0.0783. The highest BCUT2D eigenvalue weighted by Crippen LogP contribution is 2.31. The number of nitrogens with two attached hydrogens (primary N) is 1. The molecule has 8 nitrogen and oxygen atoms in total. The van der Waals surface area contributed by atoms with Crippen LogP contribution in [-0.4, -0.2) is 51.5 Å². The van der Waals surface area contributed by atoms with Crippen molar-refractivity contribution < 1.29 is 9.22 Å². The van der Waals surface area contributed by atoms with Crippen LogP contribution in [0.25, 0.3) is 21.8 Å². The molecule has 0 saturated carbocycles. The first-order valence-electron chi connectivity index (χ1n) is 11.9. The Balaban J connectivity index is 1.54. The van der Waals surface area contributed by atoms with Crippen LogP contribution in [0.2, 0.25) is 24.7 Å². The number of pyridine rings is 2. The fraction of sp³-hybridized carbons (Fsp3) is 0.333. The van der Waals surface area contributed by atoms with Gasteiger partial charge >= 0.3 is 0 Å². The molecule has 4 rings (SSSR count). The number of nitrogen functional groups attached to an aromatic ring is 1. The lowest BCUT2D eigenvalue weighted by Gasteiger charge is -2.28. The number of anilines is 1. The van der Waals surface area contributed by atoms with Crippen LogP contribution in [-0.2, 0) is 18.0 Å². The Morgan fingerprint density at radius 3 is 2.59 bits per heavy atom. The predicted molar refractivity (Wildman–Crippen MR) is 151 cm³/mol. The van der Waals surface area contributed by atoms with Gasteiger partial charge < -0.3 is 15.1 Å². The van der Waals surface area contributed by atoms with Crippen LogP contribution >= 0.6 is 11.6 Å². The van der Waals surface area contributed by atoms with E-state index in [2.05, 4.69) is 46.5 Å². The molecule has 0 aliphatic rings. The van der Waals surface area contributed by atoms with Crippen molar-refractivity contribution in [1.29, 1.82) is 0 Å². The first-order valence-corrected chi connectivity index (χ1v) is 15.7. The second-order valence-corrected chi connectivity index (χ2v) is 15.4. The van der Waals surface area contributed by atoms with Gasteiger partial charge in [-0.2, -0.15) is 5.10 Å². The molecule has 0 aliphatic carbocycles. The monoisotopic (exact) mass is 534 g/mol. The second kappa shape index (κ2) is 9.78. The predicted octanol–water partition coefficient (Wildman–Crippen LogP) is 5.01.